The zero-order valence-corrected chi connectivity index (χ0v) is 11.9. The summed E-state index contributed by atoms with van der Waals surface area (Å²) >= 11 is 0.982. The molecule has 0 saturated carbocycles. The summed E-state index contributed by atoms with van der Waals surface area (Å²) in [7, 11) is 0. The second kappa shape index (κ2) is 5.85. The van der Waals surface area contributed by atoms with Crippen molar-refractivity contribution >= 4 is 17.3 Å². The highest BCUT2D eigenvalue weighted by Crippen LogP contribution is 2.33. The third kappa shape index (κ3) is 3.41. The number of thiazole rings is 1. The van der Waals surface area contributed by atoms with Crippen molar-refractivity contribution < 1.29 is 23.1 Å². The molecule has 112 valence electrons. The van der Waals surface area contributed by atoms with E-state index in [0.717, 1.165) is 29.9 Å². The Kier molecular flexibility index (Phi) is 4.32. The highest BCUT2D eigenvalue weighted by molar-refractivity contribution is 7.17. The highest BCUT2D eigenvalue weighted by atomic mass is 32.1. The molecule has 2 aromatic rings. The van der Waals surface area contributed by atoms with Gasteiger partial charge in [0.2, 0.25) is 0 Å². The molecule has 0 radical (unpaired) electrons. The Morgan fingerprint density at radius 1 is 1.29 bits per heavy atom. The molecule has 3 nitrogen and oxygen atoms in total. The van der Waals surface area contributed by atoms with Gasteiger partial charge < -0.3 is 5.11 Å². The molecule has 0 bridgehead atoms. The molecule has 0 amide bonds. The summed E-state index contributed by atoms with van der Waals surface area (Å²) in [5, 5.41) is 9.55. The van der Waals surface area contributed by atoms with E-state index in [1.165, 1.54) is 12.1 Å². The molecule has 1 aromatic carbocycles. The molecular formula is C14H12F3NO2S. The number of benzene rings is 1. The third-order valence-corrected chi connectivity index (χ3v) is 3.97. The van der Waals surface area contributed by atoms with Crippen LogP contribution in [0.3, 0.4) is 0 Å². The molecule has 21 heavy (non-hydrogen) atoms. The van der Waals surface area contributed by atoms with Crippen LogP contribution >= 0.6 is 11.3 Å². The first kappa shape index (κ1) is 15.5. The lowest BCUT2D eigenvalue weighted by molar-refractivity contribution is -0.137. The normalized spacial score (nSPS) is 11.6. The van der Waals surface area contributed by atoms with Crippen LogP contribution in [0.1, 0.15) is 34.3 Å². The number of nitrogens with zero attached hydrogens (tertiary/aromatic N) is 1. The predicted octanol–water partition coefficient (Wildman–Crippen LogP) is 4.48. The number of carboxylic acid groups (broad SMARTS) is 1. The third-order valence-electron chi connectivity index (χ3n) is 2.84. The van der Waals surface area contributed by atoms with Crippen LogP contribution < -0.4 is 0 Å². The van der Waals surface area contributed by atoms with Crippen LogP contribution in [0.2, 0.25) is 0 Å². The van der Waals surface area contributed by atoms with Crippen molar-refractivity contribution in [3.05, 3.63) is 40.4 Å². The lowest BCUT2D eigenvalue weighted by Crippen LogP contribution is -2.03. The van der Waals surface area contributed by atoms with Crippen LogP contribution in [0, 0.1) is 0 Å². The van der Waals surface area contributed by atoms with Crippen molar-refractivity contribution in [1.82, 2.24) is 4.98 Å². The summed E-state index contributed by atoms with van der Waals surface area (Å²) in [5.74, 6) is -1.06. The molecule has 0 aliphatic heterocycles. The fourth-order valence-electron chi connectivity index (χ4n) is 1.85. The van der Waals surface area contributed by atoms with E-state index in [9.17, 15) is 18.0 Å². The number of carboxylic acids is 1. The Morgan fingerprint density at radius 2 is 1.90 bits per heavy atom. The summed E-state index contributed by atoms with van der Waals surface area (Å²) in [6.07, 6.45) is -3.11. The van der Waals surface area contributed by atoms with Crippen molar-refractivity contribution in [3.8, 4) is 10.6 Å². The molecule has 0 spiro atoms. The van der Waals surface area contributed by atoms with Crippen LogP contribution in [-0.4, -0.2) is 16.1 Å². The SMILES string of the molecule is CCCc1nc(-c2ccc(C(F)(F)F)cc2)sc1C(=O)O. The van der Waals surface area contributed by atoms with E-state index in [1.807, 2.05) is 6.92 Å². The molecule has 1 heterocycles. The number of carbonyl (C=O) groups is 1. The standard InChI is InChI=1S/C14H12F3NO2S/c1-2-3-10-11(13(19)20)21-12(18-10)8-4-6-9(7-5-8)14(15,16)17/h4-7H,2-3H2,1H3,(H,19,20). The average Bonchev–Trinajstić information content (AvgIpc) is 2.82. The van der Waals surface area contributed by atoms with E-state index < -0.39 is 17.7 Å². The van der Waals surface area contributed by atoms with Crippen LogP contribution in [0.5, 0.6) is 0 Å². The van der Waals surface area contributed by atoms with Crippen molar-refractivity contribution in [2.75, 3.05) is 0 Å². The minimum Gasteiger partial charge on any atom is -0.477 e. The van der Waals surface area contributed by atoms with Gasteiger partial charge in [0, 0.05) is 5.56 Å². The molecule has 1 N–H and O–H groups in total. The first-order valence-corrected chi connectivity index (χ1v) is 7.05. The van der Waals surface area contributed by atoms with Gasteiger partial charge in [-0.05, 0) is 18.6 Å². The maximum atomic E-state index is 12.5. The summed E-state index contributed by atoms with van der Waals surface area (Å²) in [6.45, 7) is 1.91. The number of alkyl halides is 3. The molecule has 0 aliphatic carbocycles. The molecule has 0 saturated heterocycles. The zero-order valence-electron chi connectivity index (χ0n) is 11.1. The summed E-state index contributed by atoms with van der Waals surface area (Å²) < 4.78 is 37.5. The largest absolute Gasteiger partial charge is 0.477 e. The summed E-state index contributed by atoms with van der Waals surface area (Å²) in [6, 6.07) is 4.55. The average molecular weight is 315 g/mol. The van der Waals surface area contributed by atoms with E-state index in [-0.39, 0.29) is 4.88 Å². The minimum atomic E-state index is -4.39. The second-order valence-corrected chi connectivity index (χ2v) is 5.42. The second-order valence-electron chi connectivity index (χ2n) is 4.43. The van der Waals surface area contributed by atoms with E-state index in [1.54, 1.807) is 0 Å². The molecule has 1 aromatic heterocycles. The molecule has 0 unspecified atom stereocenters. The van der Waals surface area contributed by atoms with Crippen LogP contribution in [0.4, 0.5) is 13.2 Å². The first-order chi connectivity index (χ1) is 9.82. The van der Waals surface area contributed by atoms with Gasteiger partial charge in [0.05, 0.1) is 11.3 Å². The number of hydrogen-bond acceptors (Lipinski definition) is 3. The monoisotopic (exact) mass is 315 g/mol. The Balaban J connectivity index is 2.38. The molecule has 0 fully saturated rings. The Bertz CT molecular complexity index is 647. The van der Waals surface area contributed by atoms with Gasteiger partial charge in [-0.15, -0.1) is 11.3 Å². The van der Waals surface area contributed by atoms with Gasteiger partial charge >= 0.3 is 12.1 Å². The number of rotatable bonds is 4. The lowest BCUT2D eigenvalue weighted by Gasteiger charge is -2.06. The number of aryl methyl sites for hydroxylation is 1. The molecule has 2 rings (SSSR count). The van der Waals surface area contributed by atoms with Crippen LogP contribution in [0.25, 0.3) is 10.6 Å². The van der Waals surface area contributed by atoms with Crippen LogP contribution in [-0.2, 0) is 12.6 Å². The van der Waals surface area contributed by atoms with Gasteiger partial charge in [0.1, 0.15) is 9.88 Å². The molecular weight excluding hydrogens is 303 g/mol. The van der Waals surface area contributed by atoms with Gasteiger partial charge in [-0.1, -0.05) is 25.5 Å². The van der Waals surface area contributed by atoms with Gasteiger partial charge in [0.15, 0.2) is 0 Å². The lowest BCUT2D eigenvalue weighted by atomic mass is 10.1. The topological polar surface area (TPSA) is 50.2 Å². The summed E-state index contributed by atoms with van der Waals surface area (Å²) in [4.78, 5) is 15.5. The fourth-order valence-corrected chi connectivity index (χ4v) is 2.81. The zero-order chi connectivity index (χ0) is 15.6. The van der Waals surface area contributed by atoms with E-state index in [0.29, 0.717) is 22.7 Å². The van der Waals surface area contributed by atoms with E-state index in [2.05, 4.69) is 4.98 Å². The van der Waals surface area contributed by atoms with Crippen LogP contribution in [0.15, 0.2) is 24.3 Å². The van der Waals surface area contributed by atoms with Gasteiger partial charge in [0.25, 0.3) is 0 Å². The fraction of sp³-hybridized carbons (Fsp3) is 0.286. The Labute approximate surface area is 123 Å². The molecule has 7 heteroatoms. The number of aromatic carboxylic acids is 1. The Morgan fingerprint density at radius 3 is 2.38 bits per heavy atom. The maximum Gasteiger partial charge on any atom is 0.416 e. The van der Waals surface area contributed by atoms with Crippen molar-refractivity contribution in [3.63, 3.8) is 0 Å². The molecule has 0 atom stereocenters. The number of hydrogen-bond donors (Lipinski definition) is 1. The van der Waals surface area contributed by atoms with Crippen molar-refractivity contribution in [1.29, 1.82) is 0 Å². The molecule has 0 aliphatic rings. The number of aromatic nitrogens is 1. The predicted molar refractivity (Wildman–Crippen MR) is 73.5 cm³/mol. The summed E-state index contributed by atoms with van der Waals surface area (Å²) in [5.41, 5.74) is 0.220. The van der Waals surface area contributed by atoms with E-state index >= 15 is 0 Å². The first-order valence-electron chi connectivity index (χ1n) is 6.23. The minimum absolute atomic E-state index is 0.145. The highest BCUT2D eigenvalue weighted by Gasteiger charge is 2.30. The van der Waals surface area contributed by atoms with Crippen molar-refractivity contribution in [2.45, 2.75) is 25.9 Å². The van der Waals surface area contributed by atoms with E-state index in [4.69, 9.17) is 5.11 Å². The quantitative estimate of drug-likeness (QED) is 0.905. The van der Waals surface area contributed by atoms with Crippen molar-refractivity contribution in [2.24, 2.45) is 0 Å². The Hall–Kier alpha value is -1.89. The maximum absolute atomic E-state index is 12.5. The van der Waals surface area contributed by atoms with Gasteiger partial charge in [-0.25, -0.2) is 9.78 Å². The smallest absolute Gasteiger partial charge is 0.416 e. The number of halogens is 3. The van der Waals surface area contributed by atoms with Gasteiger partial charge in [-0.3, -0.25) is 0 Å². The van der Waals surface area contributed by atoms with Gasteiger partial charge in [-0.2, -0.15) is 13.2 Å².